The largest absolute Gasteiger partial charge is 0.417 e. The van der Waals surface area contributed by atoms with Crippen molar-refractivity contribution in [2.75, 3.05) is 11.4 Å². The quantitative estimate of drug-likeness (QED) is 0.922. The van der Waals surface area contributed by atoms with Crippen LogP contribution < -0.4 is 10.6 Å². The lowest BCUT2D eigenvalue weighted by Crippen LogP contribution is -2.38. The number of rotatable bonds is 4. The first-order valence-corrected chi connectivity index (χ1v) is 5.83. The molecule has 0 spiro atoms. The first-order chi connectivity index (χ1) is 9.16. The molecule has 0 aromatic heterocycles. The highest BCUT2D eigenvalue weighted by molar-refractivity contribution is 5.79. The number of primary amides is 1. The highest BCUT2D eigenvalue weighted by Crippen LogP contribution is 2.34. The normalized spacial score (nSPS) is 11.2. The minimum Gasteiger partial charge on any atom is -0.368 e. The third-order valence-corrected chi connectivity index (χ3v) is 2.71. The number of amides is 1. The Labute approximate surface area is 114 Å². The van der Waals surface area contributed by atoms with Gasteiger partial charge in [-0.1, -0.05) is 0 Å². The third kappa shape index (κ3) is 3.63. The molecule has 0 fully saturated rings. The first kappa shape index (κ1) is 15.8. The van der Waals surface area contributed by atoms with Crippen molar-refractivity contribution in [2.24, 2.45) is 5.73 Å². The van der Waals surface area contributed by atoms with Crippen LogP contribution in [-0.2, 0) is 11.0 Å². The van der Waals surface area contributed by atoms with Gasteiger partial charge in [-0.2, -0.15) is 18.4 Å². The van der Waals surface area contributed by atoms with E-state index in [4.69, 9.17) is 11.0 Å². The van der Waals surface area contributed by atoms with Crippen molar-refractivity contribution < 1.29 is 18.0 Å². The molecule has 0 radical (unpaired) electrons. The smallest absolute Gasteiger partial charge is 0.368 e. The Morgan fingerprint density at radius 2 is 2.05 bits per heavy atom. The summed E-state index contributed by atoms with van der Waals surface area (Å²) in [5.41, 5.74) is 3.82. The zero-order valence-corrected chi connectivity index (χ0v) is 11.0. The molecule has 0 atom stereocenters. The predicted molar refractivity (Wildman–Crippen MR) is 67.8 cm³/mol. The van der Waals surface area contributed by atoms with Crippen molar-refractivity contribution in [2.45, 2.75) is 26.1 Å². The van der Waals surface area contributed by atoms with Gasteiger partial charge in [0.15, 0.2) is 0 Å². The molecule has 0 bridgehead atoms. The topological polar surface area (TPSA) is 70.1 Å². The molecule has 108 valence electrons. The molecule has 1 rings (SSSR count). The van der Waals surface area contributed by atoms with Crippen molar-refractivity contribution in [3.63, 3.8) is 0 Å². The summed E-state index contributed by atoms with van der Waals surface area (Å²) in [6, 6.07) is 4.62. The number of carbonyl (C=O) groups is 1. The predicted octanol–water partition coefficient (Wildman–Crippen LogP) is 2.28. The third-order valence-electron chi connectivity index (χ3n) is 2.71. The molecular formula is C13H14F3N3O. The van der Waals surface area contributed by atoms with E-state index in [0.717, 1.165) is 12.1 Å². The number of nitrogens with zero attached hydrogens (tertiary/aromatic N) is 2. The standard InChI is InChI=1S/C13H14F3N3O/c1-8(2)19(7-12(18)20)10-4-3-9(6-17)11(5-10)13(14,15)16/h3-5,8H,7H2,1-2H3,(H2,18,20). The summed E-state index contributed by atoms with van der Waals surface area (Å²) in [6.45, 7) is 3.27. The van der Waals surface area contributed by atoms with E-state index in [1.165, 1.54) is 17.0 Å². The average Bonchev–Trinajstić information content (AvgIpc) is 2.33. The van der Waals surface area contributed by atoms with Crippen LogP contribution in [0.15, 0.2) is 18.2 Å². The van der Waals surface area contributed by atoms with Crippen molar-refractivity contribution in [3.8, 4) is 6.07 Å². The lowest BCUT2D eigenvalue weighted by molar-refractivity contribution is -0.137. The van der Waals surface area contributed by atoms with Gasteiger partial charge in [0.2, 0.25) is 5.91 Å². The summed E-state index contributed by atoms with van der Waals surface area (Å²) in [5.74, 6) is -0.642. The number of benzene rings is 1. The van der Waals surface area contributed by atoms with E-state index < -0.39 is 23.2 Å². The zero-order chi connectivity index (χ0) is 15.5. The molecule has 0 saturated carbocycles. The Bertz CT molecular complexity index is 547. The molecule has 1 aromatic rings. The molecule has 1 amide bonds. The van der Waals surface area contributed by atoms with E-state index in [1.807, 2.05) is 0 Å². The van der Waals surface area contributed by atoms with Crippen molar-refractivity contribution >= 4 is 11.6 Å². The lowest BCUT2D eigenvalue weighted by Gasteiger charge is -2.28. The van der Waals surface area contributed by atoms with Crippen molar-refractivity contribution in [1.29, 1.82) is 5.26 Å². The van der Waals surface area contributed by atoms with Gasteiger partial charge in [0.1, 0.15) is 0 Å². The zero-order valence-electron chi connectivity index (χ0n) is 11.0. The summed E-state index contributed by atoms with van der Waals surface area (Å²) in [6.07, 6.45) is -4.63. The second-order valence-corrected chi connectivity index (χ2v) is 4.53. The van der Waals surface area contributed by atoms with E-state index >= 15 is 0 Å². The summed E-state index contributed by atoms with van der Waals surface area (Å²) >= 11 is 0. The van der Waals surface area contributed by atoms with Gasteiger partial charge in [-0.05, 0) is 32.0 Å². The Balaban J connectivity index is 3.32. The summed E-state index contributed by atoms with van der Waals surface area (Å²) in [4.78, 5) is 12.4. The number of anilines is 1. The monoisotopic (exact) mass is 285 g/mol. The SMILES string of the molecule is CC(C)N(CC(N)=O)c1ccc(C#N)c(C(F)(F)F)c1. The van der Waals surface area contributed by atoms with Gasteiger partial charge in [-0.3, -0.25) is 4.79 Å². The minimum atomic E-state index is -4.63. The fourth-order valence-corrected chi connectivity index (χ4v) is 1.78. The van der Waals surface area contributed by atoms with Gasteiger partial charge in [0, 0.05) is 11.7 Å². The highest BCUT2D eigenvalue weighted by atomic mass is 19.4. The van der Waals surface area contributed by atoms with Gasteiger partial charge < -0.3 is 10.6 Å². The van der Waals surface area contributed by atoms with Gasteiger partial charge in [-0.25, -0.2) is 0 Å². The van der Waals surface area contributed by atoms with Crippen LogP contribution >= 0.6 is 0 Å². The lowest BCUT2D eigenvalue weighted by atomic mass is 10.1. The molecule has 0 aliphatic heterocycles. The van der Waals surface area contributed by atoms with Gasteiger partial charge in [0.05, 0.1) is 23.7 Å². The number of hydrogen-bond donors (Lipinski definition) is 1. The Morgan fingerprint density at radius 1 is 1.45 bits per heavy atom. The number of carbonyl (C=O) groups excluding carboxylic acids is 1. The summed E-state index contributed by atoms with van der Waals surface area (Å²) in [5, 5.41) is 8.73. The van der Waals surface area contributed by atoms with Crippen LogP contribution in [-0.4, -0.2) is 18.5 Å². The summed E-state index contributed by atoms with van der Waals surface area (Å²) in [7, 11) is 0. The van der Waals surface area contributed by atoms with Crippen LogP contribution in [0, 0.1) is 11.3 Å². The van der Waals surface area contributed by atoms with E-state index in [-0.39, 0.29) is 18.3 Å². The molecule has 2 N–H and O–H groups in total. The highest BCUT2D eigenvalue weighted by Gasteiger charge is 2.34. The minimum absolute atomic E-state index is 0.194. The van der Waals surface area contributed by atoms with Crippen molar-refractivity contribution in [1.82, 2.24) is 0 Å². The molecule has 20 heavy (non-hydrogen) atoms. The van der Waals surface area contributed by atoms with Crippen LogP contribution in [0.5, 0.6) is 0 Å². The second-order valence-electron chi connectivity index (χ2n) is 4.53. The van der Waals surface area contributed by atoms with Crippen LogP contribution in [0.1, 0.15) is 25.0 Å². The molecule has 1 aromatic carbocycles. The van der Waals surface area contributed by atoms with E-state index in [1.54, 1.807) is 13.8 Å². The maximum Gasteiger partial charge on any atom is 0.417 e. The van der Waals surface area contributed by atoms with Crippen LogP contribution in [0.4, 0.5) is 18.9 Å². The molecule has 0 aliphatic rings. The first-order valence-electron chi connectivity index (χ1n) is 5.83. The molecule has 7 heteroatoms. The number of halogens is 3. The molecule has 4 nitrogen and oxygen atoms in total. The van der Waals surface area contributed by atoms with Gasteiger partial charge in [0.25, 0.3) is 0 Å². The number of alkyl halides is 3. The van der Waals surface area contributed by atoms with Gasteiger partial charge >= 0.3 is 6.18 Å². The molecule has 0 heterocycles. The Hall–Kier alpha value is -2.23. The van der Waals surface area contributed by atoms with Crippen LogP contribution in [0.3, 0.4) is 0 Å². The number of hydrogen-bond acceptors (Lipinski definition) is 3. The second kappa shape index (κ2) is 5.82. The molecule has 0 aliphatic carbocycles. The van der Waals surface area contributed by atoms with Crippen LogP contribution in [0.25, 0.3) is 0 Å². The fourth-order valence-electron chi connectivity index (χ4n) is 1.78. The van der Waals surface area contributed by atoms with Crippen molar-refractivity contribution in [3.05, 3.63) is 29.3 Å². The molecule has 0 saturated heterocycles. The van der Waals surface area contributed by atoms with E-state index in [9.17, 15) is 18.0 Å². The Kier molecular flexibility index (Phi) is 4.61. The molecular weight excluding hydrogens is 271 g/mol. The average molecular weight is 285 g/mol. The van der Waals surface area contributed by atoms with Crippen LogP contribution in [0.2, 0.25) is 0 Å². The molecule has 0 unspecified atom stereocenters. The number of nitriles is 1. The Morgan fingerprint density at radius 3 is 2.45 bits per heavy atom. The summed E-state index contributed by atoms with van der Waals surface area (Å²) < 4.78 is 38.6. The maximum atomic E-state index is 12.9. The van der Waals surface area contributed by atoms with E-state index in [0.29, 0.717) is 0 Å². The van der Waals surface area contributed by atoms with E-state index in [2.05, 4.69) is 0 Å². The maximum absolute atomic E-state index is 12.9. The van der Waals surface area contributed by atoms with Gasteiger partial charge in [-0.15, -0.1) is 0 Å². The number of nitrogens with two attached hydrogens (primary N) is 1. The fraction of sp³-hybridized carbons (Fsp3) is 0.385.